The number of ether oxygens (including phenoxy) is 1. The van der Waals surface area contributed by atoms with E-state index in [0.717, 1.165) is 23.3 Å². The molecule has 2 aromatic rings. The van der Waals surface area contributed by atoms with Gasteiger partial charge in [-0.15, -0.1) is 0 Å². The van der Waals surface area contributed by atoms with Crippen molar-refractivity contribution in [2.75, 3.05) is 26.7 Å². The van der Waals surface area contributed by atoms with Gasteiger partial charge in [-0.25, -0.2) is 0 Å². The highest BCUT2D eigenvalue weighted by molar-refractivity contribution is 5.93. The molecule has 1 aliphatic heterocycles. The Hall–Kier alpha value is -3.43. The van der Waals surface area contributed by atoms with Crippen molar-refractivity contribution in [2.45, 2.75) is 70.2 Å². The van der Waals surface area contributed by atoms with Crippen LogP contribution in [0.15, 0.2) is 54.6 Å². The fraction of sp³-hybridized carbons (Fsp3) is 0.500. The number of amides is 3. The number of hydrogen-bond acceptors (Lipinski definition) is 6. The second-order valence-corrected chi connectivity index (χ2v) is 10.0. The molecule has 3 amide bonds. The summed E-state index contributed by atoms with van der Waals surface area (Å²) in [4.78, 5) is 41.5. The second-order valence-electron chi connectivity index (χ2n) is 10.0. The lowest BCUT2D eigenvalue weighted by Crippen LogP contribution is -2.60. The molecule has 0 saturated carbocycles. The van der Waals surface area contributed by atoms with E-state index in [1.807, 2.05) is 61.5 Å². The zero-order valence-corrected chi connectivity index (χ0v) is 23.2. The number of nitrogens with one attached hydrogen (secondary N) is 3. The molecule has 4 N–H and O–H groups in total. The normalized spacial score (nSPS) is 22.9. The Labute approximate surface area is 231 Å². The Morgan fingerprint density at radius 1 is 1.00 bits per heavy atom. The van der Waals surface area contributed by atoms with E-state index in [2.05, 4.69) is 16.0 Å². The molecule has 0 saturated heterocycles. The maximum absolute atomic E-state index is 13.5. The maximum Gasteiger partial charge on any atom is 0.246 e. The van der Waals surface area contributed by atoms with Crippen molar-refractivity contribution in [1.29, 1.82) is 0 Å². The number of likely N-dealkylation sites (N-methyl/N-ethyl adjacent to an activating group) is 1. The van der Waals surface area contributed by atoms with Crippen LogP contribution in [0.4, 0.5) is 0 Å². The van der Waals surface area contributed by atoms with Gasteiger partial charge in [0.15, 0.2) is 0 Å². The van der Waals surface area contributed by atoms with Crippen LogP contribution in [0, 0.1) is 0 Å². The summed E-state index contributed by atoms with van der Waals surface area (Å²) in [6.07, 6.45) is 1.86. The summed E-state index contributed by atoms with van der Waals surface area (Å²) in [6.45, 7) is 4.69. The number of rotatable bonds is 5. The molecule has 1 heterocycles. The fourth-order valence-electron chi connectivity index (χ4n) is 4.88. The Morgan fingerprint density at radius 2 is 1.72 bits per heavy atom. The highest BCUT2D eigenvalue weighted by Gasteiger charge is 2.36. The number of aliphatic hydroxyl groups is 1. The van der Waals surface area contributed by atoms with Crippen LogP contribution in [0.25, 0.3) is 0 Å². The summed E-state index contributed by atoms with van der Waals surface area (Å²) in [5, 5.41) is 19.6. The van der Waals surface area contributed by atoms with Crippen molar-refractivity contribution in [3.63, 3.8) is 0 Å². The number of carbonyl (C=O) groups excluding carboxylic acids is 3. The molecule has 0 spiro atoms. The van der Waals surface area contributed by atoms with Gasteiger partial charge < -0.3 is 30.7 Å². The molecule has 2 aromatic carbocycles. The van der Waals surface area contributed by atoms with E-state index in [1.54, 1.807) is 0 Å². The fourth-order valence-corrected chi connectivity index (χ4v) is 4.88. The molecule has 0 bridgehead atoms. The van der Waals surface area contributed by atoms with Crippen LogP contribution in [-0.2, 0) is 27.2 Å². The van der Waals surface area contributed by atoms with E-state index < -0.39 is 30.1 Å². The Kier molecular flexibility index (Phi) is 11.8. The average molecular weight is 539 g/mol. The zero-order valence-electron chi connectivity index (χ0n) is 23.2. The monoisotopic (exact) mass is 538 g/mol. The molecule has 2 unspecified atom stereocenters. The minimum atomic E-state index is -1.16. The number of benzene rings is 2. The van der Waals surface area contributed by atoms with Crippen molar-refractivity contribution >= 4 is 17.7 Å². The van der Waals surface area contributed by atoms with Gasteiger partial charge in [-0.05, 0) is 43.4 Å². The first kappa shape index (κ1) is 30.1. The number of hydrogen-bond donors (Lipinski definition) is 4. The molecule has 9 heteroatoms. The lowest BCUT2D eigenvalue weighted by Gasteiger charge is -2.33. The smallest absolute Gasteiger partial charge is 0.246 e. The van der Waals surface area contributed by atoms with Crippen molar-refractivity contribution in [2.24, 2.45) is 0 Å². The van der Waals surface area contributed by atoms with Crippen molar-refractivity contribution in [1.82, 2.24) is 20.9 Å². The van der Waals surface area contributed by atoms with Crippen LogP contribution >= 0.6 is 0 Å². The molecular weight excluding hydrogens is 496 g/mol. The Balaban J connectivity index is 1.89. The van der Waals surface area contributed by atoms with E-state index in [1.165, 1.54) is 18.9 Å². The van der Waals surface area contributed by atoms with E-state index in [9.17, 15) is 19.5 Å². The third-order valence-corrected chi connectivity index (χ3v) is 6.93. The summed E-state index contributed by atoms with van der Waals surface area (Å²) in [7, 11) is 1.51. The van der Waals surface area contributed by atoms with E-state index >= 15 is 0 Å². The first-order valence-corrected chi connectivity index (χ1v) is 13.8. The van der Waals surface area contributed by atoms with Gasteiger partial charge in [0.1, 0.15) is 24.4 Å². The largest absolute Gasteiger partial charge is 0.492 e. The molecule has 0 aliphatic carbocycles. The van der Waals surface area contributed by atoms with E-state index in [4.69, 9.17) is 4.74 Å². The molecule has 0 aromatic heterocycles. The minimum Gasteiger partial charge on any atom is -0.492 e. The number of aryl methyl sites for hydroxylation is 1. The van der Waals surface area contributed by atoms with Gasteiger partial charge in [-0.2, -0.15) is 0 Å². The average Bonchev–Trinajstić information content (AvgIpc) is 2.92. The van der Waals surface area contributed by atoms with Crippen LogP contribution in [0.3, 0.4) is 0 Å². The molecule has 0 radical (unpaired) electrons. The Bertz CT molecular complexity index is 1080. The lowest BCUT2D eigenvalue weighted by atomic mass is 10.0. The summed E-state index contributed by atoms with van der Waals surface area (Å²) >= 11 is 0. The third-order valence-electron chi connectivity index (χ3n) is 6.93. The second kappa shape index (κ2) is 15.2. The van der Waals surface area contributed by atoms with Crippen LogP contribution in [-0.4, -0.2) is 78.7 Å². The minimum absolute atomic E-state index is 0.277. The number of para-hydroxylation sites is 1. The first-order chi connectivity index (χ1) is 18.8. The van der Waals surface area contributed by atoms with E-state index in [-0.39, 0.29) is 18.2 Å². The summed E-state index contributed by atoms with van der Waals surface area (Å²) in [5.74, 6) is -0.415. The van der Waals surface area contributed by atoms with Gasteiger partial charge >= 0.3 is 0 Å². The molecule has 4 atom stereocenters. The van der Waals surface area contributed by atoms with Gasteiger partial charge in [-0.1, -0.05) is 61.9 Å². The van der Waals surface area contributed by atoms with Crippen molar-refractivity contribution in [3.8, 4) is 5.75 Å². The molecule has 39 heavy (non-hydrogen) atoms. The lowest BCUT2D eigenvalue weighted by molar-refractivity contribution is -0.145. The molecule has 1 aliphatic rings. The highest BCUT2D eigenvalue weighted by Crippen LogP contribution is 2.19. The predicted molar refractivity (Wildman–Crippen MR) is 150 cm³/mol. The number of fused-ring (bicyclic) bond motifs is 1. The van der Waals surface area contributed by atoms with Gasteiger partial charge in [0.25, 0.3) is 0 Å². The summed E-state index contributed by atoms with van der Waals surface area (Å²) < 4.78 is 6.02. The molecule has 0 fully saturated rings. The Morgan fingerprint density at radius 3 is 2.44 bits per heavy atom. The molecule has 9 nitrogen and oxygen atoms in total. The highest BCUT2D eigenvalue weighted by atomic mass is 16.5. The molecule has 212 valence electrons. The topological polar surface area (TPSA) is 120 Å². The van der Waals surface area contributed by atoms with Gasteiger partial charge in [0.2, 0.25) is 17.7 Å². The van der Waals surface area contributed by atoms with Crippen LogP contribution in [0.1, 0.15) is 44.2 Å². The SMILES string of the molecule is CCCC1NCCOc2ccccc2CCCNC(=O)[C@@H](Cc2ccccc2)NC(=O)[C@H](C(C)O)N(C)C1=O. The maximum atomic E-state index is 13.5. The standard InChI is InChI=1S/C30H42N4O5/c1-4-11-24-30(38)34(3)27(21(2)35)29(37)33-25(20-22-12-6-5-7-13-22)28(36)32-17-10-15-23-14-8-9-16-26(23)39-19-18-31-24/h5-9,12-14,16,21,24-25,27,31,35H,4,10-11,15,17-20H2,1-3H3,(H,32,36)(H,33,37)/t21?,24?,25-,27+/m1/s1. The zero-order chi connectivity index (χ0) is 28.2. The third kappa shape index (κ3) is 8.80. The predicted octanol–water partition coefficient (Wildman–Crippen LogP) is 1.82. The van der Waals surface area contributed by atoms with Crippen molar-refractivity contribution < 1.29 is 24.2 Å². The number of aliphatic hydroxyl groups excluding tert-OH is 1. The van der Waals surface area contributed by atoms with Gasteiger partial charge in [0.05, 0.1) is 12.1 Å². The first-order valence-electron chi connectivity index (χ1n) is 13.8. The summed E-state index contributed by atoms with van der Waals surface area (Å²) in [6, 6.07) is 14.7. The van der Waals surface area contributed by atoms with Crippen LogP contribution in [0.5, 0.6) is 5.75 Å². The van der Waals surface area contributed by atoms with Gasteiger partial charge in [0, 0.05) is 26.6 Å². The number of carbonyl (C=O) groups is 3. The molecular formula is C30H42N4O5. The van der Waals surface area contributed by atoms with Gasteiger partial charge in [-0.3, -0.25) is 14.4 Å². The van der Waals surface area contributed by atoms with Crippen LogP contribution < -0.4 is 20.7 Å². The van der Waals surface area contributed by atoms with Crippen molar-refractivity contribution in [3.05, 3.63) is 65.7 Å². The van der Waals surface area contributed by atoms with E-state index in [0.29, 0.717) is 39.0 Å². The number of nitrogens with zero attached hydrogens (tertiary/aromatic N) is 1. The van der Waals surface area contributed by atoms with Crippen LogP contribution in [0.2, 0.25) is 0 Å². The quantitative estimate of drug-likeness (QED) is 0.461. The summed E-state index contributed by atoms with van der Waals surface area (Å²) in [5.41, 5.74) is 1.93. The molecule has 3 rings (SSSR count).